The number of thiol groups is 1. The van der Waals surface area contributed by atoms with Crippen LogP contribution in [0.25, 0.3) is 0 Å². The third-order valence-corrected chi connectivity index (χ3v) is 9.15. The highest BCUT2D eigenvalue weighted by molar-refractivity contribution is 7.96. The number of nitrogens with zero attached hydrogens (tertiary/aromatic N) is 2. The number of nitrogens with two attached hydrogens (primary N) is 1. The maximum absolute atomic E-state index is 12.3. The molecule has 0 radical (unpaired) electrons. The van der Waals surface area contributed by atoms with E-state index in [1.807, 2.05) is 0 Å². The van der Waals surface area contributed by atoms with E-state index in [2.05, 4.69) is 17.8 Å². The van der Waals surface area contributed by atoms with E-state index in [1.54, 1.807) is 0 Å². The lowest BCUT2D eigenvalue weighted by Crippen LogP contribution is -2.56. The first-order valence-corrected chi connectivity index (χ1v) is 12.1. The van der Waals surface area contributed by atoms with Gasteiger partial charge in [-0.15, -0.1) is 5.06 Å². The second kappa shape index (κ2) is 6.52. The Morgan fingerprint density at radius 1 is 0.793 bits per heavy atom. The van der Waals surface area contributed by atoms with Crippen LogP contribution in [-0.2, 0) is 9.68 Å². The summed E-state index contributed by atoms with van der Waals surface area (Å²) in [6.45, 7) is 0. The molecule has 1 amide bonds. The zero-order valence-corrected chi connectivity index (χ0v) is 18.0. The van der Waals surface area contributed by atoms with Crippen molar-refractivity contribution in [2.75, 3.05) is 0 Å². The van der Waals surface area contributed by atoms with Gasteiger partial charge < -0.3 is 10.6 Å². The molecule has 8 saturated carbocycles. The zero-order chi connectivity index (χ0) is 19.8. The van der Waals surface area contributed by atoms with Gasteiger partial charge in [-0.05, 0) is 118 Å². The van der Waals surface area contributed by atoms with Crippen LogP contribution in [0.3, 0.4) is 0 Å². The highest BCUT2D eigenvalue weighted by Gasteiger charge is 2.55. The topological polar surface area (TPSA) is 77.2 Å². The van der Waals surface area contributed by atoms with Crippen LogP contribution < -0.4 is 5.73 Å². The molecule has 8 rings (SSSR count). The average molecular weight is 420 g/mol. The molecular weight excluding hydrogens is 386 g/mol. The number of rotatable bonds is 4. The number of hydroxylamine groups is 2. The number of hydrogen-bond donors (Lipinski definition) is 2. The fourth-order valence-electron chi connectivity index (χ4n) is 8.84. The molecule has 8 fully saturated rings. The van der Waals surface area contributed by atoms with Crippen molar-refractivity contribution >= 4 is 23.8 Å². The summed E-state index contributed by atoms with van der Waals surface area (Å²) in [5, 5.41) is 4.85. The van der Waals surface area contributed by atoms with Crippen LogP contribution in [0.5, 0.6) is 0 Å². The smallest absolute Gasteiger partial charge is 0.309 e. The summed E-state index contributed by atoms with van der Waals surface area (Å²) in [5.74, 6) is 4.46. The molecule has 7 heteroatoms. The van der Waals surface area contributed by atoms with Crippen LogP contribution in [0.2, 0.25) is 0 Å². The molecule has 0 aromatic rings. The van der Waals surface area contributed by atoms with Gasteiger partial charge in [0.05, 0.1) is 5.60 Å². The molecular formula is C22H33N3O3S. The third-order valence-electron chi connectivity index (χ3n) is 8.96. The summed E-state index contributed by atoms with van der Waals surface area (Å²) in [6.07, 6.45) is 14.2. The maximum Gasteiger partial charge on any atom is 0.309 e. The van der Waals surface area contributed by atoms with Crippen molar-refractivity contribution in [3.05, 3.63) is 0 Å². The van der Waals surface area contributed by atoms with Gasteiger partial charge in [-0.25, -0.2) is 0 Å². The molecule has 6 nitrogen and oxygen atoms in total. The Balaban J connectivity index is 1.18. The van der Waals surface area contributed by atoms with Crippen LogP contribution in [0.1, 0.15) is 77.0 Å². The third kappa shape index (κ3) is 3.27. The fraction of sp³-hybridized carbons (Fsp3) is 0.909. The molecule has 0 atom stereocenters. The molecule has 8 aliphatic rings. The molecule has 29 heavy (non-hydrogen) atoms. The first kappa shape index (κ1) is 18.8. The second-order valence-electron chi connectivity index (χ2n) is 11.4. The Bertz CT molecular complexity index is 668. The van der Waals surface area contributed by atoms with Gasteiger partial charge in [0, 0.05) is 0 Å². The number of oxime groups is 1. The molecule has 0 spiro atoms. The average Bonchev–Trinajstić information content (AvgIpc) is 2.62. The quantitative estimate of drug-likeness (QED) is 0.305. The minimum atomic E-state index is -0.517. The normalized spacial score (nSPS) is 49.5. The van der Waals surface area contributed by atoms with E-state index >= 15 is 0 Å². The van der Waals surface area contributed by atoms with E-state index in [9.17, 15) is 4.79 Å². The van der Waals surface area contributed by atoms with E-state index in [-0.39, 0.29) is 17.2 Å². The lowest BCUT2D eigenvalue weighted by atomic mass is 9.54. The lowest BCUT2D eigenvalue weighted by molar-refractivity contribution is -0.240. The van der Waals surface area contributed by atoms with E-state index in [0.717, 1.165) is 79.1 Å². The molecule has 0 aromatic carbocycles. The van der Waals surface area contributed by atoms with Crippen molar-refractivity contribution in [1.82, 2.24) is 5.06 Å². The van der Waals surface area contributed by atoms with Gasteiger partial charge in [0.2, 0.25) is 0 Å². The van der Waals surface area contributed by atoms with E-state index < -0.39 is 5.24 Å². The predicted octanol–water partition coefficient (Wildman–Crippen LogP) is 4.45. The van der Waals surface area contributed by atoms with Gasteiger partial charge in [-0.3, -0.25) is 9.63 Å². The minimum Gasteiger partial charge on any atom is -0.386 e. The maximum atomic E-state index is 12.3. The van der Waals surface area contributed by atoms with E-state index in [4.69, 9.17) is 15.4 Å². The Morgan fingerprint density at radius 3 is 1.55 bits per heavy atom. The molecule has 8 aliphatic carbocycles. The molecule has 0 aliphatic heterocycles. The molecule has 0 heterocycles. The Morgan fingerprint density at radius 2 is 1.17 bits per heavy atom. The number of carbonyl (C=O) groups is 1. The summed E-state index contributed by atoms with van der Waals surface area (Å²) in [6, 6.07) is 0. The number of carbonyl (C=O) groups excluding carboxylic acids is 1. The highest BCUT2D eigenvalue weighted by Crippen LogP contribution is 2.58. The SMILES string of the molecule is NC(=NOC12CC3CC(CC(C3)C1)C2)N(OC12CC3CC(CC(C3)C1)C2)C(=O)S. The summed E-state index contributed by atoms with van der Waals surface area (Å²) >= 11 is 4.04. The number of hydrogen-bond acceptors (Lipinski definition) is 4. The van der Waals surface area contributed by atoms with Gasteiger partial charge in [0.1, 0.15) is 5.60 Å². The molecule has 160 valence electrons. The van der Waals surface area contributed by atoms with Gasteiger partial charge in [-0.1, -0.05) is 12.6 Å². The summed E-state index contributed by atoms with van der Waals surface area (Å²) in [7, 11) is 0. The number of guanidine groups is 1. The monoisotopic (exact) mass is 419 g/mol. The predicted molar refractivity (Wildman–Crippen MR) is 112 cm³/mol. The Labute approximate surface area is 178 Å². The second-order valence-corrected chi connectivity index (χ2v) is 11.8. The van der Waals surface area contributed by atoms with Crippen molar-refractivity contribution in [2.24, 2.45) is 46.4 Å². The van der Waals surface area contributed by atoms with Crippen LogP contribution in [-0.4, -0.2) is 27.5 Å². The van der Waals surface area contributed by atoms with Crippen molar-refractivity contribution in [3.63, 3.8) is 0 Å². The van der Waals surface area contributed by atoms with Gasteiger partial charge in [-0.2, -0.15) is 0 Å². The minimum absolute atomic E-state index is 0.00325. The van der Waals surface area contributed by atoms with Crippen molar-refractivity contribution < 1.29 is 14.5 Å². The van der Waals surface area contributed by atoms with Crippen LogP contribution in [0, 0.1) is 35.5 Å². The van der Waals surface area contributed by atoms with E-state index in [1.165, 1.54) is 38.5 Å². The fourth-order valence-corrected chi connectivity index (χ4v) is 8.99. The van der Waals surface area contributed by atoms with E-state index in [0.29, 0.717) is 0 Å². The molecule has 8 bridgehead atoms. The molecule has 2 N–H and O–H groups in total. The van der Waals surface area contributed by atoms with Crippen LogP contribution in [0.4, 0.5) is 4.79 Å². The van der Waals surface area contributed by atoms with Crippen molar-refractivity contribution in [3.8, 4) is 0 Å². The highest BCUT2D eigenvalue weighted by atomic mass is 32.1. The zero-order valence-electron chi connectivity index (χ0n) is 17.1. The molecule has 0 saturated heterocycles. The molecule has 0 unspecified atom stereocenters. The largest absolute Gasteiger partial charge is 0.386 e. The van der Waals surface area contributed by atoms with Gasteiger partial charge in [0.15, 0.2) is 0 Å². The summed E-state index contributed by atoms with van der Waals surface area (Å²) in [5.41, 5.74) is 5.76. The Hall–Kier alpha value is -0.950. The summed E-state index contributed by atoms with van der Waals surface area (Å²) < 4.78 is 0. The van der Waals surface area contributed by atoms with Crippen LogP contribution >= 0.6 is 12.6 Å². The van der Waals surface area contributed by atoms with Gasteiger partial charge >= 0.3 is 5.24 Å². The Kier molecular flexibility index (Phi) is 4.23. The summed E-state index contributed by atoms with van der Waals surface area (Å²) in [4.78, 5) is 24.7. The standard InChI is InChI=1S/C22H33N3O3S/c23-19(24-27-21-7-13-1-14(8-21)3-15(2-13)9-21)25(20(26)29)28-22-10-16-4-17(11-22)6-18(5-16)12-22/h13-18H,1-12H2,(H2,23,24)(H,26,29). The first-order chi connectivity index (χ1) is 13.9. The number of amides is 1. The van der Waals surface area contributed by atoms with Gasteiger partial charge in [0.25, 0.3) is 5.96 Å². The molecule has 0 aromatic heterocycles. The lowest BCUT2D eigenvalue weighted by Gasteiger charge is -2.56. The van der Waals surface area contributed by atoms with Crippen LogP contribution in [0.15, 0.2) is 5.16 Å². The van der Waals surface area contributed by atoms with Crippen molar-refractivity contribution in [2.45, 2.75) is 88.3 Å². The van der Waals surface area contributed by atoms with Crippen molar-refractivity contribution in [1.29, 1.82) is 0 Å². The first-order valence-electron chi connectivity index (χ1n) is 11.6.